The first kappa shape index (κ1) is 22.9. The van der Waals surface area contributed by atoms with Crippen LogP contribution in [-0.2, 0) is 9.59 Å². The van der Waals surface area contributed by atoms with Crippen LogP contribution >= 0.6 is 11.3 Å². The molecular weight excluding hydrogens is 472 g/mol. The molecule has 1 aromatic heterocycles. The Labute approximate surface area is 214 Å². The van der Waals surface area contributed by atoms with Crippen LogP contribution < -0.4 is 19.7 Å². The summed E-state index contributed by atoms with van der Waals surface area (Å²) in [7, 11) is 3.24. The largest absolute Gasteiger partial charge is 0.493 e. The van der Waals surface area contributed by atoms with Gasteiger partial charge in [0.05, 0.1) is 25.6 Å². The van der Waals surface area contributed by atoms with E-state index in [0.29, 0.717) is 29.9 Å². The van der Waals surface area contributed by atoms with E-state index < -0.39 is 6.04 Å². The SMILES string of the molecule is COc1ccc([C@H]2CC(=O)C3=C(C2)Nc2ccccc2N(C(=O)C2CC2)[C@@H]3c2cccs2)cc1OC. The molecule has 2 aromatic carbocycles. The molecule has 0 spiro atoms. The van der Waals surface area contributed by atoms with E-state index >= 15 is 0 Å². The second kappa shape index (κ2) is 9.13. The number of benzene rings is 2. The zero-order valence-corrected chi connectivity index (χ0v) is 21.1. The lowest BCUT2D eigenvalue weighted by atomic mass is 9.79. The van der Waals surface area contributed by atoms with Crippen molar-refractivity contribution < 1.29 is 19.1 Å². The number of methoxy groups -OCH3 is 2. The van der Waals surface area contributed by atoms with Gasteiger partial charge in [-0.1, -0.05) is 24.3 Å². The molecule has 2 heterocycles. The van der Waals surface area contributed by atoms with Crippen LogP contribution in [-0.4, -0.2) is 25.9 Å². The molecule has 0 unspecified atom stereocenters. The minimum absolute atomic E-state index is 0.00890. The molecule has 7 heteroatoms. The highest BCUT2D eigenvalue weighted by atomic mass is 32.1. The first-order valence-corrected chi connectivity index (χ1v) is 13.2. The molecule has 0 radical (unpaired) electrons. The summed E-state index contributed by atoms with van der Waals surface area (Å²) in [4.78, 5) is 30.6. The number of nitrogens with one attached hydrogen (secondary N) is 1. The van der Waals surface area contributed by atoms with Crippen LogP contribution in [0.3, 0.4) is 0 Å². The van der Waals surface area contributed by atoms with Gasteiger partial charge in [0.2, 0.25) is 5.91 Å². The molecule has 1 saturated carbocycles. The van der Waals surface area contributed by atoms with Crippen molar-refractivity contribution in [2.45, 2.75) is 37.6 Å². The smallest absolute Gasteiger partial charge is 0.231 e. The van der Waals surface area contributed by atoms with Crippen molar-refractivity contribution in [1.82, 2.24) is 0 Å². The normalized spacial score (nSPS) is 21.3. The van der Waals surface area contributed by atoms with Crippen molar-refractivity contribution in [2.75, 3.05) is 24.4 Å². The molecule has 0 bridgehead atoms. The maximum absolute atomic E-state index is 14.0. The van der Waals surface area contributed by atoms with Crippen molar-refractivity contribution in [3.05, 3.63) is 81.7 Å². The predicted molar refractivity (Wildman–Crippen MR) is 141 cm³/mol. The fraction of sp³-hybridized carbons (Fsp3) is 0.310. The number of fused-ring (bicyclic) bond motifs is 1. The Kier molecular flexibility index (Phi) is 5.80. The van der Waals surface area contributed by atoms with Gasteiger partial charge < -0.3 is 14.8 Å². The van der Waals surface area contributed by atoms with Crippen LogP contribution in [0.2, 0.25) is 0 Å². The summed E-state index contributed by atoms with van der Waals surface area (Å²) in [5, 5.41) is 5.61. The van der Waals surface area contributed by atoms with Gasteiger partial charge in [-0.2, -0.15) is 0 Å². The quantitative estimate of drug-likeness (QED) is 0.460. The van der Waals surface area contributed by atoms with E-state index in [-0.39, 0.29) is 23.5 Å². The molecule has 1 aliphatic heterocycles. The molecule has 36 heavy (non-hydrogen) atoms. The number of Topliss-reactive ketones (excluding diaryl/α,β-unsaturated/α-hetero) is 1. The minimum atomic E-state index is -0.428. The van der Waals surface area contributed by atoms with Crippen molar-refractivity contribution in [3.8, 4) is 11.5 Å². The summed E-state index contributed by atoms with van der Waals surface area (Å²) >= 11 is 1.59. The maximum atomic E-state index is 14.0. The standard InChI is InChI=1S/C29H28N2O4S/c1-34-24-12-11-18(16-25(24)35-2)19-14-21-27(23(32)15-19)28(26-8-5-13-36-26)31(29(33)17-9-10-17)22-7-4-3-6-20(22)30-21/h3-8,11-13,16-17,19,28,30H,9-10,14-15H2,1-2H3/t19-,28-/m1/s1. The van der Waals surface area contributed by atoms with Gasteiger partial charge in [0.1, 0.15) is 6.04 Å². The third-order valence-electron chi connectivity index (χ3n) is 7.34. The topological polar surface area (TPSA) is 67.9 Å². The Morgan fingerprint density at radius 1 is 1.00 bits per heavy atom. The molecule has 1 N–H and O–H groups in total. The fourth-order valence-corrected chi connectivity index (χ4v) is 6.24. The van der Waals surface area contributed by atoms with Gasteiger partial charge in [-0.25, -0.2) is 0 Å². The van der Waals surface area contributed by atoms with E-state index in [0.717, 1.165) is 40.4 Å². The molecule has 6 nitrogen and oxygen atoms in total. The zero-order chi connectivity index (χ0) is 24.8. The Hall–Kier alpha value is -3.58. The summed E-state index contributed by atoms with van der Waals surface area (Å²) in [6.07, 6.45) is 2.85. The summed E-state index contributed by atoms with van der Waals surface area (Å²) in [5.74, 6) is 1.51. The van der Waals surface area contributed by atoms with E-state index in [1.807, 2.05) is 64.9 Å². The first-order valence-electron chi connectivity index (χ1n) is 12.3. The van der Waals surface area contributed by atoms with Crippen molar-refractivity contribution >= 4 is 34.4 Å². The number of rotatable bonds is 5. The molecule has 3 aliphatic rings. The Morgan fingerprint density at radius 3 is 2.53 bits per heavy atom. The second-order valence-corrected chi connectivity index (χ2v) is 10.6. The third kappa shape index (κ3) is 3.88. The number of hydrogen-bond acceptors (Lipinski definition) is 6. The Morgan fingerprint density at radius 2 is 1.81 bits per heavy atom. The van der Waals surface area contributed by atoms with Gasteiger partial charge in [0.15, 0.2) is 17.3 Å². The monoisotopic (exact) mass is 500 g/mol. The van der Waals surface area contributed by atoms with Crippen LogP contribution in [0.4, 0.5) is 11.4 Å². The highest BCUT2D eigenvalue weighted by Crippen LogP contribution is 2.50. The van der Waals surface area contributed by atoms with Crippen LogP contribution in [0.5, 0.6) is 11.5 Å². The number of hydrogen-bond donors (Lipinski definition) is 1. The molecule has 184 valence electrons. The number of carbonyl (C=O) groups excluding carboxylic acids is 2. The molecule has 1 fully saturated rings. The number of nitrogens with zero attached hydrogens (tertiary/aromatic N) is 1. The lowest BCUT2D eigenvalue weighted by Crippen LogP contribution is -2.39. The van der Waals surface area contributed by atoms with Crippen molar-refractivity contribution in [3.63, 3.8) is 0 Å². The van der Waals surface area contributed by atoms with E-state index in [9.17, 15) is 9.59 Å². The van der Waals surface area contributed by atoms with Gasteiger partial charge in [-0.3, -0.25) is 14.5 Å². The van der Waals surface area contributed by atoms with Crippen molar-refractivity contribution in [1.29, 1.82) is 0 Å². The van der Waals surface area contributed by atoms with E-state index in [4.69, 9.17) is 9.47 Å². The van der Waals surface area contributed by atoms with E-state index in [1.54, 1.807) is 25.6 Å². The van der Waals surface area contributed by atoms with E-state index in [2.05, 4.69) is 5.32 Å². The third-order valence-corrected chi connectivity index (χ3v) is 8.27. The minimum Gasteiger partial charge on any atom is -0.493 e. The fourth-order valence-electron chi connectivity index (χ4n) is 5.42. The predicted octanol–water partition coefficient (Wildman–Crippen LogP) is 6.08. The Balaban J connectivity index is 1.48. The molecule has 0 saturated heterocycles. The van der Waals surface area contributed by atoms with E-state index in [1.165, 1.54) is 0 Å². The number of carbonyl (C=O) groups is 2. The average Bonchev–Trinajstić information content (AvgIpc) is 3.64. The number of allylic oxidation sites excluding steroid dienone is 1. The molecular formula is C29H28N2O4S. The second-order valence-electron chi connectivity index (χ2n) is 9.58. The number of thiophene rings is 1. The van der Waals surface area contributed by atoms with Gasteiger partial charge in [-0.05, 0) is 66.5 Å². The highest BCUT2D eigenvalue weighted by molar-refractivity contribution is 7.10. The number of ether oxygens (including phenoxy) is 2. The summed E-state index contributed by atoms with van der Waals surface area (Å²) < 4.78 is 10.9. The highest BCUT2D eigenvalue weighted by Gasteiger charge is 2.45. The zero-order valence-electron chi connectivity index (χ0n) is 20.3. The average molecular weight is 501 g/mol. The van der Waals surface area contributed by atoms with Gasteiger partial charge in [-0.15, -0.1) is 11.3 Å². The van der Waals surface area contributed by atoms with Crippen LogP contribution in [0, 0.1) is 5.92 Å². The van der Waals surface area contributed by atoms with Gasteiger partial charge >= 0.3 is 0 Å². The number of para-hydroxylation sites is 2. The van der Waals surface area contributed by atoms with Gasteiger partial charge in [0, 0.05) is 28.5 Å². The van der Waals surface area contributed by atoms with Crippen LogP contribution in [0.1, 0.15) is 48.1 Å². The maximum Gasteiger partial charge on any atom is 0.231 e. The number of amides is 1. The number of anilines is 2. The Bertz CT molecular complexity index is 1360. The lowest BCUT2D eigenvalue weighted by Gasteiger charge is -2.34. The van der Waals surface area contributed by atoms with Crippen molar-refractivity contribution in [2.24, 2.45) is 5.92 Å². The summed E-state index contributed by atoms with van der Waals surface area (Å²) in [6, 6.07) is 17.4. The first-order chi connectivity index (χ1) is 17.6. The molecule has 1 amide bonds. The lowest BCUT2D eigenvalue weighted by molar-refractivity contribution is -0.120. The molecule has 2 atom stereocenters. The molecule has 2 aliphatic carbocycles. The number of ketones is 1. The molecule has 6 rings (SSSR count). The van der Waals surface area contributed by atoms with Crippen LogP contribution in [0.25, 0.3) is 0 Å². The van der Waals surface area contributed by atoms with Gasteiger partial charge in [0.25, 0.3) is 0 Å². The molecule has 3 aromatic rings. The summed E-state index contributed by atoms with van der Waals surface area (Å²) in [5.41, 5.74) is 4.32. The summed E-state index contributed by atoms with van der Waals surface area (Å²) in [6.45, 7) is 0. The van der Waals surface area contributed by atoms with Crippen LogP contribution in [0.15, 0.2) is 71.2 Å².